The summed E-state index contributed by atoms with van der Waals surface area (Å²) in [6, 6.07) is 8.52. The Morgan fingerprint density at radius 1 is 1.18 bits per heavy atom. The molecule has 0 aliphatic carbocycles. The Kier molecular flexibility index (Phi) is 4.25. The van der Waals surface area contributed by atoms with E-state index in [9.17, 15) is 8.78 Å². The van der Waals surface area contributed by atoms with Gasteiger partial charge in [-0.1, -0.05) is 18.2 Å². The van der Waals surface area contributed by atoms with E-state index in [2.05, 4.69) is 29.1 Å². The minimum Gasteiger partial charge on any atom is -0.297 e. The fourth-order valence-electron chi connectivity index (χ4n) is 3.17. The highest BCUT2D eigenvalue weighted by atomic mass is 19.3. The van der Waals surface area contributed by atoms with E-state index in [0.29, 0.717) is 11.7 Å². The minimum absolute atomic E-state index is 0.355. The highest BCUT2D eigenvalue weighted by molar-refractivity contribution is 5.66. The van der Waals surface area contributed by atoms with Crippen LogP contribution in [0.4, 0.5) is 8.78 Å². The van der Waals surface area contributed by atoms with Crippen LogP contribution in [0.1, 0.15) is 43.6 Å². The van der Waals surface area contributed by atoms with Crippen molar-refractivity contribution in [3.63, 3.8) is 0 Å². The first kappa shape index (κ1) is 15.2. The van der Waals surface area contributed by atoms with Crippen molar-refractivity contribution in [1.29, 1.82) is 0 Å². The third kappa shape index (κ3) is 2.90. The molecule has 3 nitrogen and oxygen atoms in total. The Morgan fingerprint density at radius 3 is 2.55 bits per heavy atom. The summed E-state index contributed by atoms with van der Waals surface area (Å²) in [6.45, 7) is 3.64. The van der Waals surface area contributed by atoms with Gasteiger partial charge in [0.1, 0.15) is 0 Å². The topological polar surface area (TPSA) is 21.1 Å². The zero-order valence-corrected chi connectivity index (χ0v) is 13.0. The summed E-state index contributed by atoms with van der Waals surface area (Å²) in [5.41, 5.74) is 3.58. The second-order valence-electron chi connectivity index (χ2n) is 5.93. The lowest BCUT2D eigenvalue weighted by Gasteiger charge is -2.24. The molecule has 22 heavy (non-hydrogen) atoms. The van der Waals surface area contributed by atoms with Gasteiger partial charge in [0.2, 0.25) is 0 Å². The summed E-state index contributed by atoms with van der Waals surface area (Å²) >= 11 is 0. The first-order valence-electron chi connectivity index (χ1n) is 7.74. The van der Waals surface area contributed by atoms with Gasteiger partial charge in [0.25, 0.3) is 0 Å². The van der Waals surface area contributed by atoms with Gasteiger partial charge in [-0.2, -0.15) is 13.9 Å². The highest BCUT2D eigenvalue weighted by Gasteiger charge is 2.20. The molecule has 5 heteroatoms. The van der Waals surface area contributed by atoms with Gasteiger partial charge in [-0.3, -0.25) is 4.90 Å². The summed E-state index contributed by atoms with van der Waals surface area (Å²) in [6.07, 6.45) is 3.94. The Labute approximate surface area is 129 Å². The average Bonchev–Trinajstić information content (AvgIpc) is 3.16. The van der Waals surface area contributed by atoms with Crippen molar-refractivity contribution < 1.29 is 8.78 Å². The maximum atomic E-state index is 12.8. The van der Waals surface area contributed by atoms with Crippen molar-refractivity contribution in [2.45, 2.75) is 39.3 Å². The van der Waals surface area contributed by atoms with Gasteiger partial charge in [0.05, 0.1) is 5.69 Å². The third-order valence-electron chi connectivity index (χ3n) is 4.49. The maximum absolute atomic E-state index is 12.8. The summed E-state index contributed by atoms with van der Waals surface area (Å²) in [4.78, 5) is 2.47. The van der Waals surface area contributed by atoms with Crippen LogP contribution in [0.3, 0.4) is 0 Å². The van der Waals surface area contributed by atoms with Crippen LogP contribution in [0.15, 0.2) is 30.5 Å². The summed E-state index contributed by atoms with van der Waals surface area (Å²) < 4.78 is 26.3. The molecule has 1 fully saturated rings. The van der Waals surface area contributed by atoms with Gasteiger partial charge < -0.3 is 0 Å². The third-order valence-corrected chi connectivity index (χ3v) is 4.49. The van der Waals surface area contributed by atoms with Crippen molar-refractivity contribution in [1.82, 2.24) is 14.7 Å². The highest BCUT2D eigenvalue weighted by Crippen LogP contribution is 2.30. The van der Waals surface area contributed by atoms with E-state index in [1.54, 1.807) is 6.92 Å². The Bertz CT molecular complexity index is 645. The van der Waals surface area contributed by atoms with Crippen LogP contribution in [0, 0.1) is 6.92 Å². The predicted octanol–water partition coefficient (Wildman–Crippen LogP) is 4.41. The molecule has 118 valence electrons. The van der Waals surface area contributed by atoms with Crippen LogP contribution in [0.25, 0.3) is 11.1 Å². The lowest BCUT2D eigenvalue weighted by atomic mass is 10.00. The molecule has 1 saturated heterocycles. The molecule has 3 rings (SSSR count). The summed E-state index contributed by atoms with van der Waals surface area (Å²) in [7, 11) is 0. The van der Waals surface area contributed by atoms with Crippen molar-refractivity contribution in [3.8, 4) is 11.1 Å². The molecule has 1 atom stereocenters. The van der Waals surface area contributed by atoms with Crippen LogP contribution < -0.4 is 0 Å². The summed E-state index contributed by atoms with van der Waals surface area (Å²) in [5.74, 6) is 0. The number of hydrogen-bond acceptors (Lipinski definition) is 2. The Morgan fingerprint density at radius 2 is 1.91 bits per heavy atom. The molecule has 0 saturated carbocycles. The van der Waals surface area contributed by atoms with E-state index in [1.165, 1.54) is 24.6 Å². The molecule has 1 aliphatic rings. The van der Waals surface area contributed by atoms with E-state index in [1.807, 2.05) is 12.1 Å². The number of aryl methyl sites for hydroxylation is 1. The number of nitrogens with zero attached hydrogens (tertiary/aromatic N) is 3. The van der Waals surface area contributed by atoms with Crippen LogP contribution in [0.5, 0.6) is 0 Å². The molecular weight excluding hydrogens is 284 g/mol. The number of rotatable bonds is 4. The quantitative estimate of drug-likeness (QED) is 0.834. The smallest absolute Gasteiger partial charge is 0.297 e. The van der Waals surface area contributed by atoms with E-state index in [4.69, 9.17) is 0 Å². The molecule has 1 aromatic heterocycles. The number of alkyl halides is 2. The van der Waals surface area contributed by atoms with Gasteiger partial charge in [0, 0.05) is 17.8 Å². The molecule has 0 N–H and O–H groups in total. The average molecular weight is 305 g/mol. The second kappa shape index (κ2) is 6.16. The van der Waals surface area contributed by atoms with Gasteiger partial charge >= 0.3 is 6.55 Å². The molecule has 2 aromatic rings. The maximum Gasteiger partial charge on any atom is 0.333 e. The number of benzene rings is 1. The van der Waals surface area contributed by atoms with Gasteiger partial charge in [-0.15, -0.1) is 0 Å². The molecule has 1 aliphatic heterocycles. The predicted molar refractivity (Wildman–Crippen MR) is 82.9 cm³/mol. The van der Waals surface area contributed by atoms with E-state index in [0.717, 1.165) is 28.9 Å². The fraction of sp³-hybridized carbons (Fsp3) is 0.471. The SMILES string of the molecule is Cc1nn(C(F)F)cc1-c1cccc(C(C)N2CCCC2)c1. The van der Waals surface area contributed by atoms with Gasteiger partial charge in [0.15, 0.2) is 0 Å². The first-order valence-corrected chi connectivity index (χ1v) is 7.74. The molecule has 1 unspecified atom stereocenters. The molecular formula is C17H21F2N3. The van der Waals surface area contributed by atoms with Crippen LogP contribution in [-0.2, 0) is 0 Å². The number of likely N-dealkylation sites (tertiary alicyclic amines) is 1. The molecule has 0 bridgehead atoms. The van der Waals surface area contributed by atoms with E-state index in [-0.39, 0.29) is 0 Å². The second-order valence-corrected chi connectivity index (χ2v) is 5.93. The van der Waals surface area contributed by atoms with Crippen LogP contribution in [0.2, 0.25) is 0 Å². The van der Waals surface area contributed by atoms with Crippen molar-refractivity contribution in [3.05, 3.63) is 41.7 Å². The molecule has 0 spiro atoms. The van der Waals surface area contributed by atoms with E-state index >= 15 is 0 Å². The standard InChI is InChI=1S/C17H21F2N3/c1-12-16(11-22(20-12)17(18)19)15-7-5-6-14(10-15)13(2)21-8-3-4-9-21/h5-7,10-11,13,17H,3-4,8-9H2,1-2H3. The molecule has 0 radical (unpaired) electrons. The lowest BCUT2D eigenvalue weighted by Crippen LogP contribution is -2.23. The largest absolute Gasteiger partial charge is 0.333 e. The van der Waals surface area contributed by atoms with Crippen molar-refractivity contribution >= 4 is 0 Å². The normalized spacial score (nSPS) is 17.3. The number of halogens is 2. The molecule has 1 aromatic carbocycles. The number of hydrogen-bond donors (Lipinski definition) is 0. The monoisotopic (exact) mass is 305 g/mol. The Balaban J connectivity index is 1.90. The van der Waals surface area contributed by atoms with Gasteiger partial charge in [-0.05, 0) is 57.0 Å². The van der Waals surface area contributed by atoms with Crippen LogP contribution >= 0.6 is 0 Å². The number of aromatic nitrogens is 2. The zero-order valence-electron chi connectivity index (χ0n) is 13.0. The minimum atomic E-state index is -2.60. The fourth-order valence-corrected chi connectivity index (χ4v) is 3.17. The molecule has 2 heterocycles. The molecule has 0 amide bonds. The first-order chi connectivity index (χ1) is 10.6. The van der Waals surface area contributed by atoms with E-state index < -0.39 is 6.55 Å². The Hall–Kier alpha value is -1.75. The zero-order chi connectivity index (χ0) is 15.7. The lowest BCUT2D eigenvalue weighted by molar-refractivity contribution is 0.0563. The van der Waals surface area contributed by atoms with Crippen molar-refractivity contribution in [2.75, 3.05) is 13.1 Å². The summed E-state index contributed by atoms with van der Waals surface area (Å²) in [5, 5.41) is 3.89. The van der Waals surface area contributed by atoms with Crippen LogP contribution in [-0.4, -0.2) is 27.8 Å². The van der Waals surface area contributed by atoms with Crippen molar-refractivity contribution in [2.24, 2.45) is 0 Å². The van der Waals surface area contributed by atoms with Gasteiger partial charge in [-0.25, -0.2) is 4.68 Å².